The topological polar surface area (TPSA) is 49.8 Å². The van der Waals surface area contributed by atoms with Crippen LogP contribution >= 0.6 is 15.9 Å². The van der Waals surface area contributed by atoms with Crippen molar-refractivity contribution in [3.05, 3.63) is 40.0 Å². The fourth-order valence-electron chi connectivity index (χ4n) is 1.94. The molecule has 1 aromatic heterocycles. The first kappa shape index (κ1) is 15.8. The molecule has 112 valence electrons. The Morgan fingerprint density at radius 3 is 2.62 bits per heavy atom. The number of aryl methyl sites for hydroxylation is 2. The van der Waals surface area contributed by atoms with E-state index >= 15 is 0 Å². The lowest BCUT2D eigenvalue weighted by molar-refractivity contribution is 0.758. The van der Waals surface area contributed by atoms with Crippen LogP contribution in [0, 0.1) is 13.8 Å². The lowest BCUT2D eigenvalue weighted by atomic mass is 10.2. The normalized spacial score (nSPS) is 12.0. The van der Waals surface area contributed by atoms with Gasteiger partial charge in [0, 0.05) is 28.0 Å². The highest BCUT2D eigenvalue weighted by Gasteiger charge is 2.06. The minimum Gasteiger partial charge on any atom is -0.367 e. The van der Waals surface area contributed by atoms with Gasteiger partial charge in [0.05, 0.1) is 0 Å². The minimum absolute atomic E-state index is 0.390. The highest BCUT2D eigenvalue weighted by molar-refractivity contribution is 9.10. The SMILES string of the molecule is CCC(C)Nc1cc(C)nc(Nc2ccc(Br)cc2C)n1. The number of nitrogens with zero attached hydrogens (tertiary/aromatic N) is 2. The maximum atomic E-state index is 4.54. The van der Waals surface area contributed by atoms with Gasteiger partial charge in [0.25, 0.3) is 0 Å². The summed E-state index contributed by atoms with van der Waals surface area (Å²) >= 11 is 3.47. The third-order valence-corrected chi connectivity index (χ3v) is 3.79. The van der Waals surface area contributed by atoms with Gasteiger partial charge in [-0.15, -0.1) is 0 Å². The molecule has 1 unspecified atom stereocenters. The summed E-state index contributed by atoms with van der Waals surface area (Å²) in [5.41, 5.74) is 3.09. The summed E-state index contributed by atoms with van der Waals surface area (Å²) in [5, 5.41) is 6.67. The van der Waals surface area contributed by atoms with Crippen molar-refractivity contribution in [2.24, 2.45) is 0 Å². The summed E-state index contributed by atoms with van der Waals surface area (Å²) < 4.78 is 1.06. The zero-order chi connectivity index (χ0) is 15.4. The number of halogens is 1. The highest BCUT2D eigenvalue weighted by Crippen LogP contribution is 2.23. The van der Waals surface area contributed by atoms with Gasteiger partial charge < -0.3 is 10.6 Å². The van der Waals surface area contributed by atoms with Gasteiger partial charge in [-0.05, 0) is 51.0 Å². The Morgan fingerprint density at radius 2 is 1.95 bits per heavy atom. The van der Waals surface area contributed by atoms with Gasteiger partial charge in [0.1, 0.15) is 5.82 Å². The van der Waals surface area contributed by atoms with Gasteiger partial charge in [-0.1, -0.05) is 22.9 Å². The molecule has 21 heavy (non-hydrogen) atoms. The number of rotatable bonds is 5. The predicted molar refractivity (Wildman–Crippen MR) is 92.3 cm³/mol. The zero-order valence-electron chi connectivity index (χ0n) is 12.9. The summed E-state index contributed by atoms with van der Waals surface area (Å²) in [5.74, 6) is 1.47. The zero-order valence-corrected chi connectivity index (χ0v) is 14.5. The van der Waals surface area contributed by atoms with Crippen LogP contribution in [0.4, 0.5) is 17.5 Å². The molecule has 0 saturated heterocycles. The third kappa shape index (κ3) is 4.43. The molecule has 4 nitrogen and oxygen atoms in total. The smallest absolute Gasteiger partial charge is 0.229 e. The second kappa shape index (κ2) is 6.89. The minimum atomic E-state index is 0.390. The monoisotopic (exact) mass is 348 g/mol. The van der Waals surface area contributed by atoms with E-state index in [2.05, 4.69) is 63.4 Å². The molecule has 0 amide bonds. The molecule has 2 rings (SSSR count). The summed E-state index contributed by atoms with van der Waals surface area (Å²) in [6.07, 6.45) is 1.05. The number of anilines is 3. The summed E-state index contributed by atoms with van der Waals surface area (Å²) in [4.78, 5) is 8.99. The van der Waals surface area contributed by atoms with Gasteiger partial charge in [0.15, 0.2) is 0 Å². The molecule has 0 aliphatic rings. The van der Waals surface area contributed by atoms with Gasteiger partial charge in [-0.25, -0.2) is 4.98 Å². The van der Waals surface area contributed by atoms with Crippen LogP contribution < -0.4 is 10.6 Å². The molecule has 0 bridgehead atoms. The van der Waals surface area contributed by atoms with Crippen LogP contribution in [0.3, 0.4) is 0 Å². The van der Waals surface area contributed by atoms with Crippen molar-refractivity contribution in [1.29, 1.82) is 0 Å². The van der Waals surface area contributed by atoms with Crippen LogP contribution in [0.2, 0.25) is 0 Å². The molecule has 0 radical (unpaired) electrons. The summed E-state index contributed by atoms with van der Waals surface area (Å²) in [6.45, 7) is 8.32. The van der Waals surface area contributed by atoms with Crippen molar-refractivity contribution in [2.45, 2.75) is 40.2 Å². The maximum absolute atomic E-state index is 4.54. The highest BCUT2D eigenvalue weighted by atomic mass is 79.9. The second-order valence-corrected chi connectivity index (χ2v) is 6.17. The molecule has 0 spiro atoms. The summed E-state index contributed by atoms with van der Waals surface area (Å²) in [6, 6.07) is 8.44. The van der Waals surface area contributed by atoms with E-state index in [1.54, 1.807) is 0 Å². The molecule has 0 aliphatic heterocycles. The Balaban J connectivity index is 2.23. The van der Waals surface area contributed by atoms with Gasteiger partial charge >= 0.3 is 0 Å². The second-order valence-electron chi connectivity index (χ2n) is 5.26. The van der Waals surface area contributed by atoms with Crippen molar-refractivity contribution in [2.75, 3.05) is 10.6 Å². The van der Waals surface area contributed by atoms with E-state index in [-0.39, 0.29) is 0 Å². The van der Waals surface area contributed by atoms with Crippen molar-refractivity contribution >= 4 is 33.4 Å². The van der Waals surface area contributed by atoms with E-state index in [0.717, 1.165) is 33.7 Å². The van der Waals surface area contributed by atoms with Crippen LogP contribution in [-0.2, 0) is 0 Å². The first-order valence-electron chi connectivity index (χ1n) is 7.13. The van der Waals surface area contributed by atoms with Crippen molar-refractivity contribution in [3.63, 3.8) is 0 Å². The van der Waals surface area contributed by atoms with Crippen LogP contribution in [0.5, 0.6) is 0 Å². The molecule has 0 aliphatic carbocycles. The van der Waals surface area contributed by atoms with Crippen LogP contribution in [0.15, 0.2) is 28.7 Å². The molecule has 1 aromatic carbocycles. The molecule has 1 atom stereocenters. The van der Waals surface area contributed by atoms with Gasteiger partial charge in [-0.2, -0.15) is 4.98 Å². The molecular weight excluding hydrogens is 328 g/mol. The van der Waals surface area contributed by atoms with E-state index in [0.29, 0.717) is 12.0 Å². The molecule has 2 N–H and O–H groups in total. The molecular formula is C16H21BrN4. The maximum Gasteiger partial charge on any atom is 0.229 e. The lowest BCUT2D eigenvalue weighted by Gasteiger charge is -2.14. The lowest BCUT2D eigenvalue weighted by Crippen LogP contribution is -2.15. The van der Waals surface area contributed by atoms with Crippen LogP contribution in [-0.4, -0.2) is 16.0 Å². The van der Waals surface area contributed by atoms with Gasteiger partial charge in [0.2, 0.25) is 5.95 Å². The average Bonchev–Trinajstić information content (AvgIpc) is 2.41. The third-order valence-electron chi connectivity index (χ3n) is 3.30. The Morgan fingerprint density at radius 1 is 1.19 bits per heavy atom. The first-order chi connectivity index (χ1) is 9.97. The Labute approximate surface area is 134 Å². The quantitative estimate of drug-likeness (QED) is 0.813. The molecule has 0 saturated carbocycles. The molecule has 5 heteroatoms. The van der Waals surface area contributed by atoms with Crippen molar-refractivity contribution < 1.29 is 0 Å². The first-order valence-corrected chi connectivity index (χ1v) is 7.92. The van der Waals surface area contributed by atoms with E-state index in [1.165, 1.54) is 0 Å². The number of benzene rings is 1. The van der Waals surface area contributed by atoms with E-state index in [4.69, 9.17) is 0 Å². The van der Waals surface area contributed by atoms with E-state index in [9.17, 15) is 0 Å². The van der Waals surface area contributed by atoms with Crippen molar-refractivity contribution in [3.8, 4) is 0 Å². The number of aromatic nitrogens is 2. The Hall–Kier alpha value is -1.62. The molecule has 0 fully saturated rings. The number of hydrogen-bond acceptors (Lipinski definition) is 4. The van der Waals surface area contributed by atoms with Gasteiger partial charge in [-0.3, -0.25) is 0 Å². The largest absolute Gasteiger partial charge is 0.367 e. The summed E-state index contributed by atoms with van der Waals surface area (Å²) in [7, 11) is 0. The van der Waals surface area contributed by atoms with E-state index < -0.39 is 0 Å². The van der Waals surface area contributed by atoms with E-state index in [1.807, 2.05) is 25.1 Å². The van der Waals surface area contributed by atoms with Crippen LogP contribution in [0.25, 0.3) is 0 Å². The number of nitrogens with one attached hydrogen (secondary N) is 2. The molecule has 1 heterocycles. The standard InChI is InChI=1S/C16H21BrN4/c1-5-11(3)18-15-9-12(4)19-16(21-15)20-14-7-6-13(17)8-10(14)2/h6-9,11H,5H2,1-4H3,(H2,18,19,20,21). The Kier molecular flexibility index (Phi) is 5.17. The predicted octanol–water partition coefficient (Wildman–Crippen LogP) is 4.81. The number of hydrogen-bond donors (Lipinski definition) is 2. The fraction of sp³-hybridized carbons (Fsp3) is 0.375. The fourth-order valence-corrected chi connectivity index (χ4v) is 2.42. The van der Waals surface area contributed by atoms with Crippen molar-refractivity contribution in [1.82, 2.24) is 9.97 Å². The average molecular weight is 349 g/mol. The Bertz CT molecular complexity index is 628. The van der Waals surface area contributed by atoms with Crippen LogP contribution in [0.1, 0.15) is 31.5 Å². The molecule has 2 aromatic rings.